The zero-order chi connectivity index (χ0) is 29.9. The number of ether oxygens (including phenoxy) is 1. The van der Waals surface area contributed by atoms with Crippen LogP contribution in [0.2, 0.25) is 0 Å². The average molecular weight is 581 g/mol. The van der Waals surface area contributed by atoms with Gasteiger partial charge in [0.2, 0.25) is 0 Å². The molecule has 43 heavy (non-hydrogen) atoms. The first-order chi connectivity index (χ1) is 20.9. The number of rotatable bonds is 7. The number of nitrogens with two attached hydrogens (primary N) is 1. The number of para-hydroxylation sites is 1. The molecule has 220 valence electrons. The van der Waals surface area contributed by atoms with E-state index in [0.717, 1.165) is 38.8 Å². The molecule has 2 aliphatic rings. The minimum atomic E-state index is -0.529. The molecule has 2 saturated heterocycles. The van der Waals surface area contributed by atoms with Crippen LogP contribution in [0.4, 0.5) is 10.2 Å². The van der Waals surface area contributed by atoms with Gasteiger partial charge in [-0.3, -0.25) is 4.79 Å². The summed E-state index contributed by atoms with van der Waals surface area (Å²) < 4.78 is 23.0. The molecule has 0 bridgehead atoms. The van der Waals surface area contributed by atoms with E-state index < -0.39 is 5.82 Å². The van der Waals surface area contributed by atoms with Gasteiger partial charge < -0.3 is 20.3 Å². The smallest absolute Gasteiger partial charge is 0.264 e. The number of nitrogens with zero attached hydrogens (tertiary/aromatic N) is 7. The highest BCUT2D eigenvalue weighted by atomic mass is 19.1. The Hall–Kier alpha value is -4.82. The molecule has 2 N–H and O–H groups in total. The maximum atomic E-state index is 15.5. The van der Waals surface area contributed by atoms with Crippen molar-refractivity contribution < 1.29 is 13.9 Å². The molecule has 10 nitrogen and oxygen atoms in total. The first kappa shape index (κ1) is 28.3. The van der Waals surface area contributed by atoms with Crippen LogP contribution < -0.4 is 10.5 Å². The average Bonchev–Trinajstić information content (AvgIpc) is 3.63. The molecular formula is C32H33FN8O2. The molecule has 4 heterocycles. The third-order valence-corrected chi connectivity index (χ3v) is 8.27. The van der Waals surface area contributed by atoms with Gasteiger partial charge in [-0.2, -0.15) is 10.4 Å². The number of hydrogen-bond donors (Lipinski definition) is 1. The van der Waals surface area contributed by atoms with Gasteiger partial charge in [-0.05, 0) is 76.0 Å². The zero-order valence-corrected chi connectivity index (χ0v) is 24.0. The first-order valence-electron chi connectivity index (χ1n) is 14.5. The molecule has 2 aromatic carbocycles. The number of benzene rings is 2. The number of aromatic nitrogens is 4. The second kappa shape index (κ2) is 12.2. The largest absolute Gasteiger partial charge is 0.457 e. The summed E-state index contributed by atoms with van der Waals surface area (Å²) >= 11 is 0. The van der Waals surface area contributed by atoms with Crippen molar-refractivity contribution in [3.8, 4) is 28.8 Å². The summed E-state index contributed by atoms with van der Waals surface area (Å²) in [4.78, 5) is 26.1. The number of nitriles is 1. The van der Waals surface area contributed by atoms with Crippen molar-refractivity contribution in [2.75, 3.05) is 32.4 Å². The predicted molar refractivity (Wildman–Crippen MR) is 160 cm³/mol. The van der Waals surface area contributed by atoms with Crippen molar-refractivity contribution in [1.82, 2.24) is 29.5 Å². The Labute approximate surface area is 249 Å². The number of likely N-dealkylation sites (tertiary alicyclic amines) is 2. The van der Waals surface area contributed by atoms with Crippen LogP contribution in [0.25, 0.3) is 22.3 Å². The van der Waals surface area contributed by atoms with Crippen molar-refractivity contribution >= 4 is 22.8 Å². The Morgan fingerprint density at radius 3 is 2.65 bits per heavy atom. The molecule has 0 spiro atoms. The maximum absolute atomic E-state index is 15.5. The minimum Gasteiger partial charge on any atom is -0.457 e. The van der Waals surface area contributed by atoms with E-state index >= 15 is 4.39 Å². The zero-order valence-electron chi connectivity index (χ0n) is 24.0. The third-order valence-electron chi connectivity index (χ3n) is 8.27. The maximum Gasteiger partial charge on any atom is 0.264 e. The quantitative estimate of drug-likeness (QED) is 0.244. The van der Waals surface area contributed by atoms with Crippen molar-refractivity contribution in [3.05, 3.63) is 72.3 Å². The minimum absolute atomic E-state index is 0.183. The topological polar surface area (TPSA) is 126 Å². The van der Waals surface area contributed by atoms with Crippen molar-refractivity contribution in [3.63, 3.8) is 0 Å². The highest BCUT2D eigenvalue weighted by molar-refractivity contribution is 5.99. The Morgan fingerprint density at radius 1 is 1.12 bits per heavy atom. The fourth-order valence-electron chi connectivity index (χ4n) is 5.96. The molecule has 0 unspecified atom stereocenters. The summed E-state index contributed by atoms with van der Waals surface area (Å²) in [6, 6.07) is 15.7. The summed E-state index contributed by atoms with van der Waals surface area (Å²) in [6.07, 6.45) is 6.62. The highest BCUT2D eigenvalue weighted by Gasteiger charge is 2.33. The van der Waals surface area contributed by atoms with Gasteiger partial charge in [0.05, 0.1) is 18.0 Å². The lowest BCUT2D eigenvalue weighted by Gasteiger charge is -2.28. The third kappa shape index (κ3) is 5.92. The monoisotopic (exact) mass is 580 g/mol. The molecule has 2 fully saturated rings. The molecule has 2 aromatic heterocycles. The molecule has 0 saturated carbocycles. The molecule has 2 aliphatic heterocycles. The number of fused-ring (bicyclic) bond motifs is 1. The molecular weight excluding hydrogens is 547 g/mol. The van der Waals surface area contributed by atoms with Gasteiger partial charge >= 0.3 is 0 Å². The van der Waals surface area contributed by atoms with Crippen LogP contribution in [0, 0.1) is 23.1 Å². The van der Waals surface area contributed by atoms with Crippen LogP contribution in [0.15, 0.2) is 66.5 Å². The van der Waals surface area contributed by atoms with Crippen LogP contribution in [-0.4, -0.2) is 68.2 Å². The van der Waals surface area contributed by atoms with Gasteiger partial charge in [-0.1, -0.05) is 24.3 Å². The highest BCUT2D eigenvalue weighted by Crippen LogP contribution is 2.35. The van der Waals surface area contributed by atoms with Crippen molar-refractivity contribution in [2.24, 2.45) is 5.92 Å². The van der Waals surface area contributed by atoms with Gasteiger partial charge in [-0.25, -0.2) is 19.0 Å². The fourth-order valence-corrected chi connectivity index (χ4v) is 5.96. The van der Waals surface area contributed by atoms with Gasteiger partial charge in [-0.15, -0.1) is 0 Å². The Bertz CT molecular complexity index is 1710. The molecule has 1 atom stereocenters. The summed E-state index contributed by atoms with van der Waals surface area (Å²) in [6.45, 7) is 2.77. The number of nitrogen functional groups attached to an aromatic ring is 1. The van der Waals surface area contributed by atoms with E-state index in [1.807, 2.05) is 24.3 Å². The van der Waals surface area contributed by atoms with E-state index in [9.17, 15) is 10.1 Å². The van der Waals surface area contributed by atoms with Crippen molar-refractivity contribution in [2.45, 2.75) is 38.3 Å². The predicted octanol–water partition coefficient (Wildman–Crippen LogP) is 4.79. The molecule has 0 aliphatic carbocycles. The Kier molecular flexibility index (Phi) is 8.03. The standard InChI is InChI=1S/C32H33FN8O2/c1-39-14-11-21(12-15-39)16-22(18-34)32(42)40-13-5-6-23(40)19-41-31-28(30(35)36-20-37-31)29(38-41)26-10-9-25(17-27(26)33)43-24-7-3-2-4-8-24/h2-4,7-10,16-17,20-21,23H,5-6,11-15,19H2,1H3,(H2,35,36,37)/t23-/m1/s1. The second-order valence-corrected chi connectivity index (χ2v) is 11.2. The molecule has 0 radical (unpaired) electrons. The lowest BCUT2D eigenvalue weighted by atomic mass is 9.94. The van der Waals surface area contributed by atoms with Gasteiger partial charge in [0.25, 0.3) is 5.91 Å². The van der Waals surface area contributed by atoms with Crippen LogP contribution in [-0.2, 0) is 11.3 Å². The van der Waals surface area contributed by atoms with Gasteiger partial charge in [0.1, 0.15) is 46.8 Å². The van der Waals surface area contributed by atoms with E-state index in [1.54, 1.807) is 33.8 Å². The Balaban J connectivity index is 1.27. The first-order valence-corrected chi connectivity index (χ1v) is 14.5. The van der Waals surface area contributed by atoms with Crippen LogP contribution >= 0.6 is 0 Å². The number of amides is 1. The van der Waals surface area contributed by atoms with Crippen LogP contribution in [0.1, 0.15) is 25.7 Å². The lowest BCUT2D eigenvalue weighted by Crippen LogP contribution is -2.39. The number of hydrogen-bond acceptors (Lipinski definition) is 8. The summed E-state index contributed by atoms with van der Waals surface area (Å²) in [7, 11) is 2.08. The van der Waals surface area contributed by atoms with E-state index in [0.29, 0.717) is 41.3 Å². The lowest BCUT2D eigenvalue weighted by molar-refractivity contribution is -0.127. The number of anilines is 1. The van der Waals surface area contributed by atoms with Gasteiger partial charge in [0, 0.05) is 18.2 Å². The number of piperidine rings is 1. The van der Waals surface area contributed by atoms with E-state index in [4.69, 9.17) is 15.6 Å². The molecule has 11 heteroatoms. The summed E-state index contributed by atoms with van der Waals surface area (Å²) in [5, 5.41) is 15.1. The van der Waals surface area contributed by atoms with E-state index in [1.165, 1.54) is 12.4 Å². The van der Waals surface area contributed by atoms with Gasteiger partial charge in [0.15, 0.2) is 5.65 Å². The SMILES string of the molecule is CN1CCC(C=C(C#N)C(=O)N2CCC[C@@H]2Cn2nc(-c3ccc(Oc4ccccc4)cc3F)c3c(N)ncnc32)CC1. The van der Waals surface area contributed by atoms with Crippen LogP contribution in [0.3, 0.4) is 0 Å². The molecule has 4 aromatic rings. The summed E-state index contributed by atoms with van der Waals surface area (Å²) in [5.41, 5.74) is 7.46. The van der Waals surface area contributed by atoms with E-state index in [2.05, 4.69) is 28.0 Å². The van der Waals surface area contributed by atoms with Crippen LogP contribution in [0.5, 0.6) is 11.5 Å². The fraction of sp³-hybridized carbons (Fsp3) is 0.344. The van der Waals surface area contributed by atoms with E-state index in [-0.39, 0.29) is 34.8 Å². The number of carbonyl (C=O) groups is 1. The number of halogens is 1. The van der Waals surface area contributed by atoms with Crippen molar-refractivity contribution in [1.29, 1.82) is 5.26 Å². The summed E-state index contributed by atoms with van der Waals surface area (Å²) in [5.74, 6) is 0.559. The number of allylic oxidation sites excluding steroid dienone is 1. The molecule has 1 amide bonds. The normalized spacial score (nSPS) is 18.2. The molecule has 6 rings (SSSR count). The Morgan fingerprint density at radius 2 is 1.91 bits per heavy atom. The number of carbonyl (C=O) groups excluding carboxylic acids is 1. The second-order valence-electron chi connectivity index (χ2n) is 11.2.